The van der Waals surface area contributed by atoms with Crippen LogP contribution in [0.25, 0.3) is 0 Å². The van der Waals surface area contributed by atoms with Crippen LogP contribution in [0.4, 0.5) is 11.4 Å². The van der Waals surface area contributed by atoms with Crippen molar-refractivity contribution in [3.8, 4) is 5.75 Å². The molecule has 3 rings (SSSR count). The fourth-order valence-corrected chi connectivity index (χ4v) is 4.43. The zero-order chi connectivity index (χ0) is 20.1. The molecule has 0 radical (unpaired) electrons. The van der Waals surface area contributed by atoms with Gasteiger partial charge in [-0.2, -0.15) is 0 Å². The summed E-state index contributed by atoms with van der Waals surface area (Å²) >= 11 is 0. The fraction of sp³-hybridized carbons (Fsp3) is 0.381. The number of carbonyl (C=O) groups is 1. The van der Waals surface area contributed by atoms with Crippen molar-refractivity contribution in [2.24, 2.45) is 0 Å². The molecule has 0 aliphatic carbocycles. The van der Waals surface area contributed by atoms with Crippen LogP contribution in [0.15, 0.2) is 48.5 Å². The molecule has 2 aromatic rings. The van der Waals surface area contributed by atoms with Crippen molar-refractivity contribution >= 4 is 27.3 Å². The highest BCUT2D eigenvalue weighted by molar-refractivity contribution is 7.92. The minimum Gasteiger partial charge on any atom is -0.494 e. The molecular weight excluding hydrogens is 376 g/mol. The molecule has 1 aliphatic heterocycles. The molecule has 2 aromatic carbocycles. The first kappa shape index (κ1) is 20.2. The van der Waals surface area contributed by atoms with E-state index in [1.165, 1.54) is 16.1 Å². The first-order chi connectivity index (χ1) is 13.4. The molecule has 1 heterocycles. The molecule has 28 heavy (non-hydrogen) atoms. The molecule has 0 aromatic heterocycles. The second kappa shape index (κ2) is 8.65. The predicted octanol–water partition coefficient (Wildman–Crippen LogP) is 3.22. The fourth-order valence-electron chi connectivity index (χ4n) is 3.47. The number of ether oxygens (including phenoxy) is 1. The van der Waals surface area contributed by atoms with Crippen LogP contribution in [0, 0.1) is 0 Å². The maximum Gasteiger partial charge on any atom is 0.232 e. The van der Waals surface area contributed by atoms with E-state index in [9.17, 15) is 13.2 Å². The second-order valence-corrected chi connectivity index (χ2v) is 8.70. The Morgan fingerprint density at radius 1 is 1.14 bits per heavy atom. The summed E-state index contributed by atoms with van der Waals surface area (Å²) in [6.07, 6.45) is 2.81. The number of para-hydroxylation sites is 1. The summed E-state index contributed by atoms with van der Waals surface area (Å²) < 4.78 is 31.2. The number of hydrogen-bond acceptors (Lipinski definition) is 4. The van der Waals surface area contributed by atoms with Gasteiger partial charge in [0.1, 0.15) is 5.75 Å². The van der Waals surface area contributed by atoms with Gasteiger partial charge in [-0.05, 0) is 55.7 Å². The molecule has 0 fully saturated rings. The molecule has 7 heteroatoms. The van der Waals surface area contributed by atoms with Crippen LogP contribution in [0.3, 0.4) is 0 Å². The number of anilines is 2. The molecule has 0 bridgehead atoms. The van der Waals surface area contributed by atoms with E-state index in [0.29, 0.717) is 37.4 Å². The Bertz CT molecular complexity index is 926. The third kappa shape index (κ3) is 4.65. The quantitative estimate of drug-likeness (QED) is 0.680. The third-order valence-corrected chi connectivity index (χ3v) is 5.97. The average Bonchev–Trinajstić information content (AvgIpc) is 3.09. The molecule has 0 unspecified atom stereocenters. The van der Waals surface area contributed by atoms with Gasteiger partial charge in [-0.15, -0.1) is 0 Å². The lowest BCUT2D eigenvalue weighted by Gasteiger charge is -2.23. The van der Waals surface area contributed by atoms with Gasteiger partial charge < -0.3 is 9.64 Å². The van der Waals surface area contributed by atoms with Gasteiger partial charge in [0, 0.05) is 25.2 Å². The minimum atomic E-state index is -3.44. The van der Waals surface area contributed by atoms with E-state index in [1.807, 2.05) is 31.2 Å². The van der Waals surface area contributed by atoms with E-state index in [2.05, 4.69) is 0 Å². The first-order valence-electron chi connectivity index (χ1n) is 9.49. The molecular formula is C21H26N2O4S. The van der Waals surface area contributed by atoms with Crippen molar-refractivity contribution in [3.63, 3.8) is 0 Å². The maximum absolute atomic E-state index is 12.6. The van der Waals surface area contributed by atoms with Gasteiger partial charge in [0.25, 0.3) is 0 Å². The van der Waals surface area contributed by atoms with Gasteiger partial charge in [-0.25, -0.2) is 8.42 Å². The van der Waals surface area contributed by atoms with Crippen molar-refractivity contribution in [3.05, 3.63) is 54.1 Å². The largest absolute Gasteiger partial charge is 0.494 e. The second-order valence-electron chi connectivity index (χ2n) is 6.79. The van der Waals surface area contributed by atoms with E-state index in [0.717, 1.165) is 12.1 Å². The van der Waals surface area contributed by atoms with E-state index in [-0.39, 0.29) is 12.5 Å². The van der Waals surface area contributed by atoms with Gasteiger partial charge in [0.2, 0.25) is 15.9 Å². The normalized spacial score (nSPS) is 13.3. The topological polar surface area (TPSA) is 66.9 Å². The Morgan fingerprint density at radius 2 is 1.86 bits per heavy atom. The van der Waals surface area contributed by atoms with Crippen LogP contribution in [-0.4, -0.2) is 40.3 Å². The number of hydrogen-bond donors (Lipinski definition) is 0. The number of sulfonamides is 1. The van der Waals surface area contributed by atoms with Crippen molar-refractivity contribution in [2.75, 3.05) is 35.2 Å². The summed E-state index contributed by atoms with van der Waals surface area (Å²) in [7, 11) is -3.44. The van der Waals surface area contributed by atoms with Crippen molar-refractivity contribution in [1.82, 2.24) is 0 Å². The van der Waals surface area contributed by atoms with Crippen LogP contribution in [0.2, 0.25) is 0 Å². The highest BCUT2D eigenvalue weighted by atomic mass is 32.2. The molecule has 0 N–H and O–H groups in total. The van der Waals surface area contributed by atoms with E-state index < -0.39 is 10.0 Å². The summed E-state index contributed by atoms with van der Waals surface area (Å²) in [6.45, 7) is 3.39. The van der Waals surface area contributed by atoms with Crippen molar-refractivity contribution in [2.45, 2.75) is 26.2 Å². The first-order valence-corrected chi connectivity index (χ1v) is 11.3. The number of amides is 1. The van der Waals surface area contributed by atoms with Crippen LogP contribution in [0.1, 0.15) is 25.3 Å². The highest BCUT2D eigenvalue weighted by Gasteiger charge is 2.24. The Balaban J connectivity index is 1.63. The number of rotatable bonds is 8. The van der Waals surface area contributed by atoms with E-state index in [4.69, 9.17) is 4.74 Å². The Kier molecular flexibility index (Phi) is 6.24. The predicted molar refractivity (Wildman–Crippen MR) is 112 cm³/mol. The lowest BCUT2D eigenvalue weighted by atomic mass is 10.2. The summed E-state index contributed by atoms with van der Waals surface area (Å²) in [6, 6.07) is 14.9. The molecule has 0 saturated carbocycles. The van der Waals surface area contributed by atoms with Gasteiger partial charge in [-0.1, -0.05) is 18.2 Å². The van der Waals surface area contributed by atoms with E-state index >= 15 is 0 Å². The average molecular weight is 403 g/mol. The Morgan fingerprint density at radius 3 is 2.54 bits per heavy atom. The van der Waals surface area contributed by atoms with Crippen LogP contribution in [0.5, 0.6) is 5.75 Å². The summed E-state index contributed by atoms with van der Waals surface area (Å²) in [5.74, 6) is 0.729. The molecule has 1 aliphatic rings. The monoisotopic (exact) mass is 402 g/mol. The lowest BCUT2D eigenvalue weighted by molar-refractivity contribution is -0.118. The third-order valence-electron chi connectivity index (χ3n) is 4.78. The number of fused-ring (bicyclic) bond motifs is 1. The van der Waals surface area contributed by atoms with Crippen molar-refractivity contribution < 1.29 is 17.9 Å². The van der Waals surface area contributed by atoms with E-state index in [1.54, 1.807) is 29.2 Å². The maximum atomic E-state index is 12.6. The van der Waals surface area contributed by atoms with Crippen molar-refractivity contribution in [1.29, 1.82) is 0 Å². The smallest absolute Gasteiger partial charge is 0.232 e. The molecule has 1 amide bonds. The molecule has 0 spiro atoms. The summed E-state index contributed by atoms with van der Waals surface area (Å²) in [5.41, 5.74) is 2.73. The van der Waals surface area contributed by atoms with Crippen LogP contribution in [-0.2, 0) is 21.2 Å². The Labute approximate surface area is 166 Å². The summed E-state index contributed by atoms with van der Waals surface area (Å²) in [4.78, 5) is 14.4. The highest BCUT2D eigenvalue weighted by Crippen LogP contribution is 2.28. The van der Waals surface area contributed by atoms with Gasteiger partial charge in [0.05, 0.1) is 18.6 Å². The number of carbonyl (C=O) groups excluding carboxylic acids is 1. The molecule has 150 valence electrons. The number of benzene rings is 2. The van der Waals surface area contributed by atoms with Gasteiger partial charge in [-0.3, -0.25) is 9.10 Å². The van der Waals surface area contributed by atoms with Crippen LogP contribution >= 0.6 is 0 Å². The minimum absolute atomic E-state index is 0.0325. The van der Waals surface area contributed by atoms with Crippen LogP contribution < -0.4 is 13.9 Å². The molecule has 6 nitrogen and oxygen atoms in total. The van der Waals surface area contributed by atoms with Gasteiger partial charge >= 0.3 is 0 Å². The zero-order valence-corrected chi connectivity index (χ0v) is 17.1. The Hall–Kier alpha value is -2.54. The summed E-state index contributed by atoms with van der Waals surface area (Å²) in [5, 5.41) is 0. The van der Waals surface area contributed by atoms with Gasteiger partial charge in [0.15, 0.2) is 0 Å². The lowest BCUT2D eigenvalue weighted by Crippen LogP contribution is -2.33. The SMILES string of the molecule is CCOc1ccc(N(CCCC(=O)N2CCc3ccccc32)S(C)(=O)=O)cc1. The number of nitrogens with zero attached hydrogens (tertiary/aromatic N) is 2. The molecule has 0 saturated heterocycles. The standard InChI is InChI=1S/C21H26N2O4S/c1-3-27-19-12-10-18(11-13-19)23(28(2,25)26)15-6-9-21(24)22-16-14-17-7-4-5-8-20(17)22/h4-5,7-8,10-13H,3,6,9,14-16H2,1-2H3. The zero-order valence-electron chi connectivity index (χ0n) is 16.3. The molecule has 0 atom stereocenters.